The molecule has 0 saturated carbocycles. The Morgan fingerprint density at radius 3 is 2.40 bits per heavy atom. The molecule has 132 valence electrons. The Balaban J connectivity index is 1.94. The van der Waals surface area contributed by atoms with Gasteiger partial charge in [-0.15, -0.1) is 0 Å². The van der Waals surface area contributed by atoms with Crippen molar-refractivity contribution in [2.24, 2.45) is 0 Å². The number of carbonyl (C=O) groups is 1. The van der Waals surface area contributed by atoms with Gasteiger partial charge in [0.25, 0.3) is 10.0 Å². The van der Waals surface area contributed by atoms with Crippen molar-refractivity contribution in [2.45, 2.75) is 31.2 Å². The average Bonchev–Trinajstić information content (AvgIpc) is 2.80. The van der Waals surface area contributed by atoms with Crippen LogP contribution in [0.15, 0.2) is 41.3 Å². The van der Waals surface area contributed by atoms with Crippen LogP contribution in [0.5, 0.6) is 0 Å². The van der Waals surface area contributed by atoms with Crippen LogP contribution in [-0.4, -0.2) is 20.4 Å². The molecule has 1 aliphatic rings. The van der Waals surface area contributed by atoms with E-state index in [-0.39, 0.29) is 22.5 Å². The van der Waals surface area contributed by atoms with Gasteiger partial charge in [-0.25, -0.2) is 17.2 Å². The van der Waals surface area contributed by atoms with Gasteiger partial charge in [0, 0.05) is 24.7 Å². The van der Waals surface area contributed by atoms with Crippen LogP contribution in [0, 0.1) is 11.6 Å². The van der Waals surface area contributed by atoms with Crippen molar-refractivity contribution in [3.05, 3.63) is 53.6 Å². The van der Waals surface area contributed by atoms with Crippen LogP contribution in [0.4, 0.5) is 20.2 Å². The van der Waals surface area contributed by atoms with Crippen LogP contribution in [0.25, 0.3) is 0 Å². The molecule has 0 bridgehead atoms. The van der Waals surface area contributed by atoms with Gasteiger partial charge >= 0.3 is 0 Å². The first-order valence-corrected chi connectivity index (χ1v) is 9.07. The lowest BCUT2D eigenvalue weighted by atomic mass is 10.1. The largest absolute Gasteiger partial charge is 0.309 e. The number of hydrogen-bond acceptors (Lipinski definition) is 3. The summed E-state index contributed by atoms with van der Waals surface area (Å²) < 4.78 is 53.6. The number of nitrogens with zero attached hydrogens (tertiary/aromatic N) is 1. The van der Waals surface area contributed by atoms with Crippen LogP contribution >= 0.6 is 0 Å². The first-order chi connectivity index (χ1) is 11.7. The molecule has 0 radical (unpaired) electrons. The Labute approximate surface area is 144 Å². The Morgan fingerprint density at radius 2 is 1.80 bits per heavy atom. The van der Waals surface area contributed by atoms with E-state index in [2.05, 4.69) is 4.72 Å². The van der Waals surface area contributed by atoms with Crippen molar-refractivity contribution in [1.29, 1.82) is 0 Å². The van der Waals surface area contributed by atoms with E-state index in [4.69, 9.17) is 0 Å². The van der Waals surface area contributed by atoms with E-state index >= 15 is 0 Å². The fourth-order valence-corrected chi connectivity index (χ4v) is 4.17. The summed E-state index contributed by atoms with van der Waals surface area (Å²) >= 11 is 0. The molecule has 5 nitrogen and oxygen atoms in total. The van der Waals surface area contributed by atoms with E-state index in [0.29, 0.717) is 18.2 Å². The quantitative estimate of drug-likeness (QED) is 0.908. The molecule has 0 aromatic heterocycles. The predicted octanol–water partition coefficient (Wildman–Crippen LogP) is 3.06. The second-order valence-electron chi connectivity index (χ2n) is 6.00. The summed E-state index contributed by atoms with van der Waals surface area (Å²) in [5.74, 6) is -1.87. The first-order valence-electron chi connectivity index (χ1n) is 7.59. The molecule has 1 amide bonds. The summed E-state index contributed by atoms with van der Waals surface area (Å²) in [6, 6.07) is 6.81. The molecule has 25 heavy (non-hydrogen) atoms. The summed E-state index contributed by atoms with van der Waals surface area (Å²) in [4.78, 5) is 13.3. The minimum absolute atomic E-state index is 0.0338. The lowest BCUT2D eigenvalue weighted by Crippen LogP contribution is -2.33. The monoisotopic (exact) mass is 366 g/mol. The third kappa shape index (κ3) is 3.34. The van der Waals surface area contributed by atoms with E-state index in [1.807, 2.05) is 6.92 Å². The van der Waals surface area contributed by atoms with E-state index in [0.717, 1.165) is 17.7 Å². The van der Waals surface area contributed by atoms with Gasteiger partial charge in [-0.2, -0.15) is 0 Å². The molecule has 1 aliphatic heterocycles. The number of halogens is 2. The van der Waals surface area contributed by atoms with Crippen molar-refractivity contribution in [3.63, 3.8) is 0 Å². The molecule has 2 aromatic carbocycles. The summed E-state index contributed by atoms with van der Waals surface area (Å²) in [5, 5.41) is 0. The van der Waals surface area contributed by atoms with Crippen molar-refractivity contribution < 1.29 is 22.0 Å². The highest BCUT2D eigenvalue weighted by Crippen LogP contribution is 2.34. The fourth-order valence-electron chi connectivity index (χ4n) is 3.08. The molecule has 0 aliphatic carbocycles. The lowest BCUT2D eigenvalue weighted by Gasteiger charge is -2.20. The molecule has 1 atom stereocenters. The number of amides is 1. The zero-order valence-corrected chi connectivity index (χ0v) is 14.4. The van der Waals surface area contributed by atoms with Gasteiger partial charge in [0.15, 0.2) is 0 Å². The highest BCUT2D eigenvalue weighted by Gasteiger charge is 2.30. The molecule has 0 unspecified atom stereocenters. The van der Waals surface area contributed by atoms with E-state index in [9.17, 15) is 22.0 Å². The normalized spacial score (nSPS) is 16.6. The molecule has 1 heterocycles. The number of sulfonamides is 1. The Bertz CT molecular complexity index is 940. The van der Waals surface area contributed by atoms with Crippen molar-refractivity contribution in [2.75, 3.05) is 9.62 Å². The molecular formula is C17H16F2N2O3S. The minimum Gasteiger partial charge on any atom is -0.309 e. The van der Waals surface area contributed by atoms with Crippen molar-refractivity contribution in [3.8, 4) is 0 Å². The maximum atomic E-state index is 13.2. The number of fused-ring (bicyclic) bond motifs is 1. The summed E-state index contributed by atoms with van der Waals surface area (Å²) in [5.41, 5.74) is 1.21. The van der Waals surface area contributed by atoms with Crippen LogP contribution in [-0.2, 0) is 21.2 Å². The average molecular weight is 366 g/mol. The van der Waals surface area contributed by atoms with Gasteiger partial charge in [0.2, 0.25) is 5.91 Å². The van der Waals surface area contributed by atoms with Crippen molar-refractivity contribution >= 4 is 27.3 Å². The minimum atomic E-state index is -4.01. The van der Waals surface area contributed by atoms with Crippen LogP contribution < -0.4 is 9.62 Å². The Hall–Kier alpha value is -2.48. The molecule has 2 aromatic rings. The zero-order valence-electron chi connectivity index (χ0n) is 13.6. The van der Waals surface area contributed by atoms with Crippen LogP contribution in [0.2, 0.25) is 0 Å². The smallest absolute Gasteiger partial charge is 0.261 e. The molecule has 0 fully saturated rings. The van der Waals surface area contributed by atoms with Gasteiger partial charge in [0.1, 0.15) is 11.6 Å². The SMILES string of the molecule is CC(=O)N1c2ccc(S(=O)(=O)Nc3cc(F)cc(F)c3)cc2C[C@@H]1C. The lowest BCUT2D eigenvalue weighted by molar-refractivity contribution is -0.116. The maximum Gasteiger partial charge on any atom is 0.261 e. The molecule has 3 rings (SSSR count). The van der Waals surface area contributed by atoms with Crippen LogP contribution in [0.3, 0.4) is 0 Å². The topological polar surface area (TPSA) is 66.5 Å². The molecule has 0 saturated heterocycles. The first kappa shape index (κ1) is 17.3. The molecular weight excluding hydrogens is 350 g/mol. The van der Waals surface area contributed by atoms with E-state index < -0.39 is 21.7 Å². The second-order valence-corrected chi connectivity index (χ2v) is 7.68. The number of rotatable bonds is 3. The highest BCUT2D eigenvalue weighted by molar-refractivity contribution is 7.92. The van der Waals surface area contributed by atoms with Gasteiger partial charge in [-0.3, -0.25) is 9.52 Å². The van der Waals surface area contributed by atoms with Gasteiger partial charge in [0.05, 0.1) is 10.6 Å². The van der Waals surface area contributed by atoms with Gasteiger partial charge in [-0.05, 0) is 49.2 Å². The third-order valence-corrected chi connectivity index (χ3v) is 5.41. The maximum absolute atomic E-state index is 13.2. The van der Waals surface area contributed by atoms with Crippen molar-refractivity contribution in [1.82, 2.24) is 0 Å². The fraction of sp³-hybridized carbons (Fsp3) is 0.235. The zero-order chi connectivity index (χ0) is 18.4. The summed E-state index contributed by atoms with van der Waals surface area (Å²) in [7, 11) is -4.01. The predicted molar refractivity (Wildman–Crippen MR) is 89.9 cm³/mol. The number of hydrogen-bond donors (Lipinski definition) is 1. The molecule has 8 heteroatoms. The Morgan fingerprint density at radius 1 is 1.16 bits per heavy atom. The number of anilines is 2. The number of carbonyl (C=O) groups excluding carboxylic acids is 1. The Kier molecular flexibility index (Phi) is 4.24. The third-order valence-electron chi connectivity index (χ3n) is 4.03. The number of nitrogens with one attached hydrogen (secondary N) is 1. The highest BCUT2D eigenvalue weighted by atomic mass is 32.2. The molecule has 1 N–H and O–H groups in total. The van der Waals surface area contributed by atoms with Crippen LogP contribution in [0.1, 0.15) is 19.4 Å². The standard InChI is InChI=1S/C17H16F2N2O3S/c1-10-5-12-6-16(3-4-17(12)21(10)11(2)22)25(23,24)20-15-8-13(18)7-14(19)9-15/h3-4,6-10,20H,5H2,1-2H3/t10-/m0/s1. The van der Waals surface area contributed by atoms with Gasteiger partial charge in [-0.1, -0.05) is 0 Å². The summed E-state index contributed by atoms with van der Waals surface area (Å²) in [6.45, 7) is 3.33. The number of benzene rings is 2. The van der Waals surface area contributed by atoms with E-state index in [1.54, 1.807) is 11.0 Å². The second kappa shape index (κ2) is 6.11. The van der Waals surface area contributed by atoms with Gasteiger partial charge < -0.3 is 4.90 Å². The molecule has 0 spiro atoms. The summed E-state index contributed by atoms with van der Waals surface area (Å²) in [6.07, 6.45) is 0.535. The van der Waals surface area contributed by atoms with E-state index in [1.165, 1.54) is 19.1 Å².